The van der Waals surface area contributed by atoms with Crippen molar-refractivity contribution in [2.75, 3.05) is 5.75 Å². The smallest absolute Gasteiger partial charge is 0.326 e. The van der Waals surface area contributed by atoms with Crippen molar-refractivity contribution < 1.29 is 39.0 Å². The van der Waals surface area contributed by atoms with Gasteiger partial charge < -0.3 is 42.6 Å². The van der Waals surface area contributed by atoms with Gasteiger partial charge in [-0.15, -0.1) is 0 Å². The van der Waals surface area contributed by atoms with Gasteiger partial charge in [0.1, 0.15) is 18.1 Å². The molecule has 0 aliphatic carbocycles. The molecule has 4 atom stereocenters. The van der Waals surface area contributed by atoms with Crippen LogP contribution in [0.5, 0.6) is 0 Å². The summed E-state index contributed by atoms with van der Waals surface area (Å²) in [4.78, 5) is 74.5. The van der Waals surface area contributed by atoms with Gasteiger partial charge in [-0.2, -0.15) is 12.6 Å². The van der Waals surface area contributed by atoms with Crippen molar-refractivity contribution in [3.8, 4) is 0 Å². The molecule has 4 unspecified atom stereocenters. The van der Waals surface area contributed by atoms with Crippen molar-refractivity contribution in [2.45, 2.75) is 43.4 Å². The van der Waals surface area contributed by atoms with Crippen molar-refractivity contribution in [3.05, 3.63) is 36.0 Å². The zero-order chi connectivity index (χ0) is 27.7. The predicted molar refractivity (Wildman–Crippen MR) is 133 cm³/mol. The maximum Gasteiger partial charge on any atom is 0.326 e. The Labute approximate surface area is 215 Å². The molecule has 0 aliphatic rings. The van der Waals surface area contributed by atoms with Gasteiger partial charge in [0.05, 0.1) is 18.9 Å². The number of para-hydroxylation sites is 1. The number of hydrogen-bond donors (Lipinski definition) is 9. The number of carboxylic acids is 2. The van der Waals surface area contributed by atoms with Crippen LogP contribution >= 0.6 is 12.6 Å². The van der Waals surface area contributed by atoms with E-state index in [0.29, 0.717) is 0 Å². The Balaban J connectivity index is 2.05. The fraction of sp³-hybridized carbons (Fsp3) is 0.364. The molecule has 1 aromatic carbocycles. The first-order chi connectivity index (χ1) is 17.4. The minimum Gasteiger partial charge on any atom is -0.481 e. The number of hydrogen-bond acceptors (Lipinski definition) is 8. The van der Waals surface area contributed by atoms with Gasteiger partial charge in [-0.3, -0.25) is 24.0 Å². The fourth-order valence-corrected chi connectivity index (χ4v) is 3.69. The molecule has 0 fully saturated rings. The van der Waals surface area contributed by atoms with Crippen LogP contribution in [0.15, 0.2) is 30.5 Å². The fourth-order valence-electron chi connectivity index (χ4n) is 3.43. The molecular formula is C22H28N6O8S. The number of nitrogens with one attached hydrogen (secondary N) is 4. The molecule has 1 aromatic heterocycles. The second-order valence-electron chi connectivity index (χ2n) is 8.14. The summed E-state index contributed by atoms with van der Waals surface area (Å²) >= 11 is 4.04. The van der Waals surface area contributed by atoms with Gasteiger partial charge >= 0.3 is 11.9 Å². The van der Waals surface area contributed by atoms with Crippen molar-refractivity contribution >= 4 is 59.1 Å². The molecule has 1 heterocycles. The molecule has 37 heavy (non-hydrogen) atoms. The van der Waals surface area contributed by atoms with E-state index in [0.717, 1.165) is 16.5 Å². The largest absolute Gasteiger partial charge is 0.481 e. The molecule has 0 spiro atoms. The second kappa shape index (κ2) is 13.3. The number of amides is 4. The molecule has 2 aromatic rings. The van der Waals surface area contributed by atoms with E-state index in [2.05, 4.69) is 28.2 Å². The number of aliphatic carboxylic acids is 2. The van der Waals surface area contributed by atoms with Crippen LogP contribution in [0.4, 0.5) is 0 Å². The molecule has 0 radical (unpaired) electrons. The summed E-state index contributed by atoms with van der Waals surface area (Å²) in [6, 6.07) is 1.65. The highest BCUT2D eigenvalue weighted by atomic mass is 32.1. The number of aromatic amines is 1. The number of carbonyl (C=O) groups excluding carboxylic acids is 4. The molecule has 10 N–H and O–H groups in total. The van der Waals surface area contributed by atoms with Crippen LogP contribution in [-0.4, -0.2) is 80.7 Å². The minimum absolute atomic E-state index is 0.156. The summed E-state index contributed by atoms with van der Waals surface area (Å²) in [6.07, 6.45) is 0.220. The monoisotopic (exact) mass is 536 g/mol. The Morgan fingerprint density at radius 2 is 1.49 bits per heavy atom. The third-order valence-electron chi connectivity index (χ3n) is 5.30. The molecule has 200 valence electrons. The number of thiol groups is 1. The molecular weight excluding hydrogens is 508 g/mol. The number of benzene rings is 1. The van der Waals surface area contributed by atoms with Crippen molar-refractivity contribution in [3.63, 3.8) is 0 Å². The van der Waals surface area contributed by atoms with Crippen LogP contribution in [0.25, 0.3) is 10.9 Å². The standard InChI is InChI=1S/C22H28N6O8S/c23-12(5-10-8-25-13-4-2-1-3-11(10)13)19(32)28-16(9-37)21(34)26-14(6-17(24)29)20(33)27-15(22(35)36)7-18(30)31/h1-4,8,12,14-16,25,37H,5-7,9,23H2,(H2,24,29)(H,26,34)(H,27,33)(H,28,32)(H,30,31)(H,35,36). The molecule has 0 bridgehead atoms. The molecule has 14 nitrogen and oxygen atoms in total. The van der Waals surface area contributed by atoms with Gasteiger partial charge in [-0.25, -0.2) is 4.79 Å². The lowest BCUT2D eigenvalue weighted by molar-refractivity contribution is -0.147. The van der Waals surface area contributed by atoms with Gasteiger partial charge in [-0.05, 0) is 18.1 Å². The van der Waals surface area contributed by atoms with Crippen LogP contribution in [0, 0.1) is 0 Å². The Kier molecular flexibility index (Phi) is 10.4. The van der Waals surface area contributed by atoms with E-state index in [4.69, 9.17) is 21.7 Å². The maximum atomic E-state index is 12.8. The number of carbonyl (C=O) groups is 6. The Morgan fingerprint density at radius 3 is 2.08 bits per heavy atom. The first-order valence-electron chi connectivity index (χ1n) is 11.0. The second-order valence-corrected chi connectivity index (χ2v) is 8.51. The normalized spacial score (nSPS) is 14.1. The molecule has 4 amide bonds. The average Bonchev–Trinajstić information content (AvgIpc) is 3.23. The van der Waals surface area contributed by atoms with Crippen LogP contribution in [0.1, 0.15) is 18.4 Å². The lowest BCUT2D eigenvalue weighted by Gasteiger charge is -2.23. The van der Waals surface area contributed by atoms with E-state index in [1.807, 2.05) is 29.6 Å². The van der Waals surface area contributed by atoms with E-state index in [1.54, 1.807) is 6.20 Å². The van der Waals surface area contributed by atoms with E-state index < -0.39 is 72.6 Å². The third-order valence-corrected chi connectivity index (χ3v) is 5.66. The van der Waals surface area contributed by atoms with Crippen LogP contribution < -0.4 is 27.4 Å². The highest BCUT2D eigenvalue weighted by Crippen LogP contribution is 2.18. The van der Waals surface area contributed by atoms with Gasteiger partial charge in [-0.1, -0.05) is 18.2 Å². The van der Waals surface area contributed by atoms with E-state index >= 15 is 0 Å². The highest BCUT2D eigenvalue weighted by molar-refractivity contribution is 7.80. The summed E-state index contributed by atoms with van der Waals surface area (Å²) in [5, 5.41) is 25.4. The van der Waals surface area contributed by atoms with Gasteiger partial charge in [0.15, 0.2) is 0 Å². The average molecular weight is 537 g/mol. The molecule has 15 heteroatoms. The van der Waals surface area contributed by atoms with Gasteiger partial charge in [0, 0.05) is 22.9 Å². The zero-order valence-electron chi connectivity index (χ0n) is 19.5. The van der Waals surface area contributed by atoms with E-state index in [9.17, 15) is 28.8 Å². The summed E-state index contributed by atoms with van der Waals surface area (Å²) in [7, 11) is 0. The Morgan fingerprint density at radius 1 is 0.892 bits per heavy atom. The van der Waals surface area contributed by atoms with Crippen molar-refractivity contribution in [1.82, 2.24) is 20.9 Å². The topological polar surface area (TPSA) is 247 Å². The summed E-state index contributed by atoms with van der Waals surface area (Å²) in [6.45, 7) is 0. The van der Waals surface area contributed by atoms with Gasteiger partial charge in [0.2, 0.25) is 23.6 Å². The van der Waals surface area contributed by atoms with E-state index in [1.165, 1.54) is 0 Å². The molecule has 0 aliphatic heterocycles. The van der Waals surface area contributed by atoms with Crippen molar-refractivity contribution in [2.24, 2.45) is 11.5 Å². The first kappa shape index (κ1) is 29.1. The Bertz CT molecular complexity index is 1180. The van der Waals surface area contributed by atoms with E-state index in [-0.39, 0.29) is 12.2 Å². The number of nitrogens with two attached hydrogens (primary N) is 2. The summed E-state index contributed by atoms with van der Waals surface area (Å²) in [5.41, 5.74) is 12.8. The summed E-state index contributed by atoms with van der Waals surface area (Å²) in [5.74, 6) is -7.09. The molecule has 0 saturated carbocycles. The first-order valence-corrected chi connectivity index (χ1v) is 11.6. The SMILES string of the molecule is NC(=O)CC(NC(=O)C(CS)NC(=O)C(N)Cc1c[nH]c2ccccc12)C(=O)NC(CC(=O)O)C(=O)O. The number of H-pyrrole nitrogens is 1. The molecule has 0 saturated heterocycles. The number of fused-ring (bicyclic) bond motifs is 1. The minimum atomic E-state index is -1.82. The van der Waals surface area contributed by atoms with Crippen LogP contribution in [0.2, 0.25) is 0 Å². The lowest BCUT2D eigenvalue weighted by Crippen LogP contribution is -2.58. The van der Waals surface area contributed by atoms with Gasteiger partial charge in [0.25, 0.3) is 0 Å². The zero-order valence-corrected chi connectivity index (χ0v) is 20.4. The third kappa shape index (κ3) is 8.50. The number of carboxylic acid groups (broad SMARTS) is 2. The maximum absolute atomic E-state index is 12.8. The van der Waals surface area contributed by atoms with Crippen molar-refractivity contribution in [1.29, 1.82) is 0 Å². The Hall–Kier alpha value is -4.11. The highest BCUT2D eigenvalue weighted by Gasteiger charge is 2.31. The summed E-state index contributed by atoms with van der Waals surface area (Å²) < 4.78 is 0. The quantitative estimate of drug-likeness (QED) is 0.119. The number of rotatable bonds is 14. The number of aromatic nitrogens is 1. The predicted octanol–water partition coefficient (Wildman–Crippen LogP) is -2.14. The lowest BCUT2D eigenvalue weighted by atomic mass is 10.0. The van der Waals surface area contributed by atoms with Crippen LogP contribution in [-0.2, 0) is 35.2 Å². The number of primary amides is 1. The van der Waals surface area contributed by atoms with Crippen LogP contribution in [0.3, 0.4) is 0 Å². The molecule has 2 rings (SSSR count).